The molecule has 1 aromatic carbocycles. The number of hydrogen-bond donors (Lipinski definition) is 1. The highest BCUT2D eigenvalue weighted by Crippen LogP contribution is 2.50. The zero-order chi connectivity index (χ0) is 24.8. The summed E-state index contributed by atoms with van der Waals surface area (Å²) in [6.45, 7) is -0.538. The highest BCUT2D eigenvalue weighted by molar-refractivity contribution is 5.90. The van der Waals surface area contributed by atoms with Crippen LogP contribution in [-0.2, 0) is 17.0 Å². The monoisotopic (exact) mass is 491 g/mol. The molecule has 1 amide bonds. The summed E-state index contributed by atoms with van der Waals surface area (Å²) in [6, 6.07) is 4.46. The molecule has 8 nitrogen and oxygen atoms in total. The van der Waals surface area contributed by atoms with Gasteiger partial charge in [0.05, 0.1) is 23.2 Å². The van der Waals surface area contributed by atoms with Gasteiger partial charge in [-0.25, -0.2) is 32.2 Å². The largest absolute Gasteiger partial charge is 0.473 e. The third kappa shape index (κ3) is 4.96. The molecule has 2 aliphatic carbocycles. The number of nitrogens with one attached hydrogen (secondary N) is 1. The summed E-state index contributed by atoms with van der Waals surface area (Å²) in [5, 5.41) is 6.92. The molecule has 3 aromatic rings. The molecule has 2 saturated carbocycles. The summed E-state index contributed by atoms with van der Waals surface area (Å²) in [6.07, 6.45) is 1.40. The van der Waals surface area contributed by atoms with Gasteiger partial charge in [0.15, 0.2) is 5.82 Å². The molecule has 2 aliphatic rings. The van der Waals surface area contributed by atoms with Crippen molar-refractivity contribution in [2.24, 2.45) is 0 Å². The van der Waals surface area contributed by atoms with E-state index in [1.165, 1.54) is 18.2 Å². The maximum absolute atomic E-state index is 14.7. The molecule has 2 aromatic heterocycles. The van der Waals surface area contributed by atoms with Crippen molar-refractivity contribution >= 4 is 22.6 Å². The van der Waals surface area contributed by atoms with Crippen LogP contribution in [0.2, 0.25) is 0 Å². The van der Waals surface area contributed by atoms with Crippen LogP contribution in [0.15, 0.2) is 35.4 Å². The number of halogens is 4. The summed E-state index contributed by atoms with van der Waals surface area (Å²) in [7, 11) is 0. The lowest BCUT2D eigenvalue weighted by Crippen LogP contribution is -2.33. The Balaban J connectivity index is 1.47. The van der Waals surface area contributed by atoms with Crippen molar-refractivity contribution in [1.82, 2.24) is 19.7 Å². The van der Waals surface area contributed by atoms with Crippen LogP contribution in [0, 0.1) is 5.82 Å². The fraction of sp³-hybridized carbons (Fsp3) is 0.435. The number of rotatable bonds is 6. The third-order valence-corrected chi connectivity index (χ3v) is 6.24. The molecule has 0 unspecified atom stereocenters. The summed E-state index contributed by atoms with van der Waals surface area (Å²) < 4.78 is 61.7. The number of amides is 1. The second-order valence-corrected chi connectivity index (χ2v) is 8.94. The van der Waals surface area contributed by atoms with Gasteiger partial charge in [0, 0.05) is 12.8 Å². The minimum absolute atomic E-state index is 0.0354. The van der Waals surface area contributed by atoms with E-state index < -0.39 is 41.5 Å². The smallest absolute Gasteiger partial charge is 0.275 e. The predicted octanol–water partition coefficient (Wildman–Crippen LogP) is 3.88. The molecule has 2 heterocycles. The molecule has 0 saturated heterocycles. The number of alkyl halides is 3. The Bertz CT molecular complexity index is 1330. The van der Waals surface area contributed by atoms with Gasteiger partial charge in [-0.3, -0.25) is 14.9 Å². The molecule has 184 valence electrons. The van der Waals surface area contributed by atoms with Gasteiger partial charge in [-0.1, -0.05) is 6.07 Å². The quantitative estimate of drug-likeness (QED) is 0.526. The molecule has 2 fully saturated rings. The van der Waals surface area contributed by atoms with Gasteiger partial charge < -0.3 is 4.74 Å². The first kappa shape index (κ1) is 23.2. The number of carbonyl (C=O) groups excluding carboxylic acids is 1. The van der Waals surface area contributed by atoms with Crippen molar-refractivity contribution in [2.75, 3.05) is 5.32 Å². The Hall–Kier alpha value is -3.57. The van der Waals surface area contributed by atoms with Crippen LogP contribution in [0.1, 0.15) is 44.1 Å². The van der Waals surface area contributed by atoms with Crippen LogP contribution in [0.3, 0.4) is 0 Å². The lowest BCUT2D eigenvalue weighted by atomic mass is 9.94. The van der Waals surface area contributed by atoms with Crippen LogP contribution >= 0.6 is 0 Å². The lowest BCUT2D eigenvalue weighted by molar-refractivity contribution is -0.117. The number of fused-ring (bicyclic) bond motifs is 1. The zero-order valence-electron chi connectivity index (χ0n) is 18.4. The van der Waals surface area contributed by atoms with Crippen molar-refractivity contribution in [3.05, 3.63) is 52.3 Å². The van der Waals surface area contributed by atoms with E-state index in [0.29, 0.717) is 18.4 Å². The molecule has 0 spiro atoms. The summed E-state index contributed by atoms with van der Waals surface area (Å²) in [4.78, 5) is 32.8. The minimum atomic E-state index is -2.76. The van der Waals surface area contributed by atoms with Crippen molar-refractivity contribution in [2.45, 2.75) is 62.8 Å². The fourth-order valence-electron chi connectivity index (χ4n) is 4.09. The zero-order valence-corrected chi connectivity index (χ0v) is 18.4. The van der Waals surface area contributed by atoms with Gasteiger partial charge in [0.2, 0.25) is 23.7 Å². The highest BCUT2D eigenvalue weighted by atomic mass is 19.3. The first-order valence-electron chi connectivity index (χ1n) is 11.2. The van der Waals surface area contributed by atoms with Crippen molar-refractivity contribution < 1.29 is 27.1 Å². The Labute approximate surface area is 196 Å². The fourth-order valence-corrected chi connectivity index (χ4v) is 4.09. The predicted molar refractivity (Wildman–Crippen MR) is 116 cm³/mol. The number of aromatic nitrogens is 4. The van der Waals surface area contributed by atoms with E-state index in [1.807, 2.05) is 0 Å². The van der Waals surface area contributed by atoms with Gasteiger partial charge in [0.25, 0.3) is 5.56 Å². The Morgan fingerprint density at radius 1 is 1.09 bits per heavy atom. The first-order chi connectivity index (χ1) is 16.6. The number of nitrogens with zero attached hydrogens (tertiary/aromatic N) is 4. The van der Waals surface area contributed by atoms with Crippen LogP contribution in [-0.4, -0.2) is 37.7 Å². The van der Waals surface area contributed by atoms with Gasteiger partial charge >= 0.3 is 0 Å². The molecule has 0 aliphatic heterocycles. The number of carbonyl (C=O) groups is 1. The molecule has 1 N–H and O–H groups in total. The maximum Gasteiger partial charge on any atom is 0.275 e. The van der Waals surface area contributed by atoms with Gasteiger partial charge in [-0.15, -0.1) is 5.10 Å². The molecular formula is C23H21F4N5O3. The van der Waals surface area contributed by atoms with E-state index in [-0.39, 0.29) is 48.3 Å². The van der Waals surface area contributed by atoms with Crippen LogP contribution < -0.4 is 15.6 Å². The SMILES string of the molecule is O=C(Cn1nc(OC2CCC(F)(F)CC2)c2cc(C3(F)CC3)ccc2c1=O)Nc1ncc(F)cn1. The van der Waals surface area contributed by atoms with E-state index in [9.17, 15) is 27.2 Å². The van der Waals surface area contributed by atoms with Crippen LogP contribution in [0.25, 0.3) is 10.8 Å². The van der Waals surface area contributed by atoms with E-state index in [1.54, 1.807) is 0 Å². The molecule has 0 bridgehead atoms. The Morgan fingerprint density at radius 2 is 1.77 bits per heavy atom. The lowest BCUT2D eigenvalue weighted by Gasteiger charge is -2.28. The van der Waals surface area contributed by atoms with E-state index in [4.69, 9.17) is 4.74 Å². The molecule has 35 heavy (non-hydrogen) atoms. The van der Waals surface area contributed by atoms with Crippen LogP contribution in [0.4, 0.5) is 23.5 Å². The number of ether oxygens (including phenoxy) is 1. The van der Waals surface area contributed by atoms with Crippen molar-refractivity contribution in [3.63, 3.8) is 0 Å². The van der Waals surface area contributed by atoms with Gasteiger partial charge in [-0.05, 0) is 43.4 Å². The molecule has 12 heteroatoms. The number of benzene rings is 1. The Kier molecular flexibility index (Phi) is 5.68. The number of hydrogen-bond acceptors (Lipinski definition) is 6. The van der Waals surface area contributed by atoms with E-state index in [0.717, 1.165) is 17.1 Å². The van der Waals surface area contributed by atoms with Crippen LogP contribution in [0.5, 0.6) is 5.88 Å². The van der Waals surface area contributed by atoms with E-state index >= 15 is 0 Å². The third-order valence-electron chi connectivity index (χ3n) is 6.24. The molecular weight excluding hydrogens is 470 g/mol. The van der Waals surface area contributed by atoms with Crippen molar-refractivity contribution in [1.29, 1.82) is 0 Å². The maximum atomic E-state index is 14.7. The summed E-state index contributed by atoms with van der Waals surface area (Å²) >= 11 is 0. The topological polar surface area (TPSA) is 99.0 Å². The second kappa shape index (κ2) is 8.58. The first-order valence-corrected chi connectivity index (χ1v) is 11.2. The van der Waals surface area contributed by atoms with E-state index in [2.05, 4.69) is 20.4 Å². The highest BCUT2D eigenvalue weighted by Gasteiger charge is 2.45. The minimum Gasteiger partial charge on any atom is -0.473 e. The molecule has 0 atom stereocenters. The average molecular weight is 491 g/mol. The molecule has 0 radical (unpaired) electrons. The van der Waals surface area contributed by atoms with Crippen molar-refractivity contribution in [3.8, 4) is 5.88 Å². The standard InChI is InChI=1S/C23H21F4N5O3/c24-14-10-28-21(29-11-14)30-18(33)12-32-20(34)16-2-1-13(22(25)7-8-22)9-17(16)19(31-32)35-15-3-5-23(26,27)6-4-15/h1-2,9-11,15H,3-8,12H2,(H,28,29,30,33). The molecule has 5 rings (SSSR count). The summed E-state index contributed by atoms with van der Waals surface area (Å²) in [5.41, 5.74) is -1.70. The normalized spacial score (nSPS) is 18.9. The second-order valence-electron chi connectivity index (χ2n) is 8.94. The Morgan fingerprint density at radius 3 is 2.43 bits per heavy atom. The van der Waals surface area contributed by atoms with Gasteiger partial charge in [-0.2, -0.15) is 0 Å². The average Bonchev–Trinajstić information content (AvgIpc) is 3.58. The number of anilines is 1. The van der Waals surface area contributed by atoms with Gasteiger partial charge in [0.1, 0.15) is 18.3 Å². The summed E-state index contributed by atoms with van der Waals surface area (Å²) in [5.74, 6) is -4.34.